The maximum Gasteiger partial charge on any atom is 0.407 e. The van der Waals surface area contributed by atoms with Crippen LogP contribution >= 0.6 is 0 Å². The number of ether oxygens (including phenoxy) is 3. The maximum absolute atomic E-state index is 12.5. The molecule has 2 aromatic rings. The number of carbonyl (C=O) groups excluding carboxylic acids is 2. The van der Waals surface area contributed by atoms with Gasteiger partial charge in [-0.25, -0.2) is 4.79 Å². The minimum absolute atomic E-state index is 0.0667. The molecule has 0 bridgehead atoms. The molecule has 0 aromatic heterocycles. The molecule has 3 rings (SSSR count). The van der Waals surface area contributed by atoms with Crippen LogP contribution in [-0.2, 0) is 9.53 Å². The van der Waals surface area contributed by atoms with Gasteiger partial charge in [-0.1, -0.05) is 30.3 Å². The summed E-state index contributed by atoms with van der Waals surface area (Å²) in [6.07, 6.45) is -0.491. The zero-order valence-corrected chi connectivity index (χ0v) is 14.4. The molecule has 1 heterocycles. The summed E-state index contributed by atoms with van der Waals surface area (Å²) in [5, 5.41) is 5.54. The van der Waals surface area contributed by atoms with E-state index in [0.717, 1.165) is 5.56 Å². The van der Waals surface area contributed by atoms with Crippen LogP contribution in [0.1, 0.15) is 24.9 Å². The highest BCUT2D eigenvalue weighted by Gasteiger charge is 2.20. The lowest BCUT2D eigenvalue weighted by molar-refractivity contribution is -0.116. The van der Waals surface area contributed by atoms with Crippen LogP contribution in [0.15, 0.2) is 48.5 Å². The summed E-state index contributed by atoms with van der Waals surface area (Å²) in [7, 11) is 0. The highest BCUT2D eigenvalue weighted by molar-refractivity contribution is 5.92. The summed E-state index contributed by atoms with van der Waals surface area (Å²) in [6.45, 7) is 2.16. The van der Waals surface area contributed by atoms with Gasteiger partial charge in [0.1, 0.15) is 0 Å². The normalized spacial score (nSPS) is 13.0. The largest absolute Gasteiger partial charge is 0.454 e. The molecule has 0 saturated carbocycles. The molecule has 0 unspecified atom stereocenters. The Morgan fingerprint density at radius 3 is 2.65 bits per heavy atom. The van der Waals surface area contributed by atoms with Gasteiger partial charge in [-0.2, -0.15) is 0 Å². The molecule has 0 spiro atoms. The summed E-state index contributed by atoms with van der Waals surface area (Å²) in [6, 6.07) is 14.0. The van der Waals surface area contributed by atoms with E-state index < -0.39 is 12.1 Å². The predicted molar refractivity (Wildman–Crippen MR) is 95.2 cm³/mol. The van der Waals surface area contributed by atoms with E-state index in [1.807, 2.05) is 30.3 Å². The standard InChI is InChI=1S/C19H20N2O5/c1-2-24-19(23)21-15(13-6-4-3-5-7-13)11-18(22)20-14-8-9-16-17(10-14)26-12-25-16/h3-10,15H,2,11-12H2,1H3,(H,20,22)(H,21,23)/t15-/m1/s1. The van der Waals surface area contributed by atoms with E-state index in [2.05, 4.69) is 10.6 Å². The van der Waals surface area contributed by atoms with Crippen molar-refractivity contribution in [2.24, 2.45) is 0 Å². The lowest BCUT2D eigenvalue weighted by atomic mass is 10.0. The molecule has 0 fully saturated rings. The Morgan fingerprint density at radius 2 is 1.88 bits per heavy atom. The van der Waals surface area contributed by atoms with E-state index in [0.29, 0.717) is 17.2 Å². The first-order chi connectivity index (χ1) is 12.7. The van der Waals surface area contributed by atoms with Gasteiger partial charge in [0.05, 0.1) is 19.1 Å². The number of amides is 2. The molecule has 7 heteroatoms. The van der Waals surface area contributed by atoms with Gasteiger partial charge in [-0.05, 0) is 24.6 Å². The second-order valence-corrected chi connectivity index (χ2v) is 5.65. The van der Waals surface area contributed by atoms with Gasteiger partial charge in [0.15, 0.2) is 11.5 Å². The number of carbonyl (C=O) groups is 2. The van der Waals surface area contributed by atoms with Gasteiger partial charge in [0.25, 0.3) is 0 Å². The van der Waals surface area contributed by atoms with Crippen LogP contribution in [-0.4, -0.2) is 25.4 Å². The lowest BCUT2D eigenvalue weighted by Crippen LogP contribution is -2.32. The van der Waals surface area contributed by atoms with Gasteiger partial charge < -0.3 is 24.8 Å². The van der Waals surface area contributed by atoms with E-state index >= 15 is 0 Å². The van der Waals surface area contributed by atoms with Crippen LogP contribution in [0.3, 0.4) is 0 Å². The number of fused-ring (bicyclic) bond motifs is 1. The van der Waals surface area contributed by atoms with Crippen LogP contribution in [0.4, 0.5) is 10.5 Å². The highest BCUT2D eigenvalue weighted by atomic mass is 16.7. The van der Waals surface area contributed by atoms with E-state index in [9.17, 15) is 9.59 Å². The molecule has 2 N–H and O–H groups in total. The van der Waals surface area contributed by atoms with Crippen molar-refractivity contribution in [1.82, 2.24) is 5.32 Å². The Balaban J connectivity index is 1.67. The molecule has 1 aliphatic heterocycles. The van der Waals surface area contributed by atoms with Gasteiger partial charge >= 0.3 is 6.09 Å². The Bertz CT molecular complexity index is 779. The molecular weight excluding hydrogens is 336 g/mol. The number of rotatable bonds is 6. The minimum Gasteiger partial charge on any atom is -0.454 e. The third-order valence-electron chi connectivity index (χ3n) is 3.82. The SMILES string of the molecule is CCOC(=O)N[C@H](CC(=O)Nc1ccc2c(c1)OCO2)c1ccccc1. The topological polar surface area (TPSA) is 85.9 Å². The summed E-state index contributed by atoms with van der Waals surface area (Å²) in [4.78, 5) is 24.3. The van der Waals surface area contributed by atoms with Crippen molar-refractivity contribution in [3.63, 3.8) is 0 Å². The number of nitrogens with one attached hydrogen (secondary N) is 2. The Hall–Kier alpha value is -3.22. The molecule has 7 nitrogen and oxygen atoms in total. The fourth-order valence-corrected chi connectivity index (χ4v) is 2.62. The van der Waals surface area contributed by atoms with Crippen LogP contribution in [0.2, 0.25) is 0 Å². The van der Waals surface area contributed by atoms with Crippen molar-refractivity contribution < 1.29 is 23.8 Å². The molecule has 26 heavy (non-hydrogen) atoms. The molecule has 2 aromatic carbocycles. The fourth-order valence-electron chi connectivity index (χ4n) is 2.62. The lowest BCUT2D eigenvalue weighted by Gasteiger charge is -2.18. The van der Waals surface area contributed by atoms with Crippen LogP contribution in [0, 0.1) is 0 Å². The van der Waals surface area contributed by atoms with Crippen molar-refractivity contribution >= 4 is 17.7 Å². The summed E-state index contributed by atoms with van der Waals surface area (Å²) < 4.78 is 15.5. The van der Waals surface area contributed by atoms with E-state index in [4.69, 9.17) is 14.2 Å². The van der Waals surface area contributed by atoms with Crippen molar-refractivity contribution in [3.05, 3.63) is 54.1 Å². The summed E-state index contributed by atoms with van der Waals surface area (Å²) >= 11 is 0. The number of hydrogen-bond acceptors (Lipinski definition) is 5. The van der Waals surface area contributed by atoms with Gasteiger partial charge in [-0.3, -0.25) is 4.79 Å². The van der Waals surface area contributed by atoms with E-state index in [1.165, 1.54) is 0 Å². The summed E-state index contributed by atoms with van der Waals surface area (Å²) in [5.74, 6) is 0.996. The average Bonchev–Trinajstić information content (AvgIpc) is 3.10. The number of benzene rings is 2. The fraction of sp³-hybridized carbons (Fsp3) is 0.263. The third-order valence-corrected chi connectivity index (χ3v) is 3.82. The van der Waals surface area contributed by atoms with Crippen LogP contribution in [0.25, 0.3) is 0 Å². The first-order valence-corrected chi connectivity index (χ1v) is 8.33. The van der Waals surface area contributed by atoms with Gasteiger partial charge in [0, 0.05) is 11.8 Å². The minimum atomic E-state index is -0.558. The number of hydrogen-bond donors (Lipinski definition) is 2. The quantitative estimate of drug-likeness (QED) is 0.830. The predicted octanol–water partition coefficient (Wildman–Crippen LogP) is 3.23. The molecule has 1 aliphatic rings. The van der Waals surface area contributed by atoms with Crippen molar-refractivity contribution in [2.45, 2.75) is 19.4 Å². The number of anilines is 1. The molecule has 1 atom stereocenters. The van der Waals surface area contributed by atoms with Gasteiger partial charge in [0.2, 0.25) is 12.7 Å². The van der Waals surface area contributed by atoms with Crippen molar-refractivity contribution in [2.75, 3.05) is 18.7 Å². The van der Waals surface area contributed by atoms with Crippen molar-refractivity contribution in [3.8, 4) is 11.5 Å². The average molecular weight is 356 g/mol. The molecule has 0 aliphatic carbocycles. The zero-order valence-electron chi connectivity index (χ0n) is 14.4. The number of alkyl carbamates (subject to hydrolysis) is 1. The van der Waals surface area contributed by atoms with Crippen LogP contribution in [0.5, 0.6) is 11.5 Å². The van der Waals surface area contributed by atoms with Gasteiger partial charge in [-0.15, -0.1) is 0 Å². The van der Waals surface area contributed by atoms with Crippen molar-refractivity contribution in [1.29, 1.82) is 0 Å². The first-order valence-electron chi connectivity index (χ1n) is 8.33. The monoisotopic (exact) mass is 356 g/mol. The Labute approximate surface area is 151 Å². The molecule has 0 saturated heterocycles. The highest BCUT2D eigenvalue weighted by Crippen LogP contribution is 2.34. The summed E-state index contributed by atoms with van der Waals surface area (Å²) in [5.41, 5.74) is 1.42. The second-order valence-electron chi connectivity index (χ2n) is 5.65. The molecule has 2 amide bonds. The first kappa shape index (κ1) is 17.6. The Kier molecular flexibility index (Phi) is 5.58. The zero-order chi connectivity index (χ0) is 18.4. The second kappa shape index (κ2) is 8.24. The molecule has 0 radical (unpaired) electrons. The Morgan fingerprint density at radius 1 is 1.12 bits per heavy atom. The van der Waals surface area contributed by atoms with Crippen LogP contribution < -0.4 is 20.1 Å². The van der Waals surface area contributed by atoms with E-state index in [-0.39, 0.29) is 25.7 Å². The van der Waals surface area contributed by atoms with E-state index in [1.54, 1.807) is 25.1 Å². The maximum atomic E-state index is 12.5. The smallest absolute Gasteiger partial charge is 0.407 e. The third kappa shape index (κ3) is 4.44. The molecular formula is C19H20N2O5. The molecule has 136 valence electrons.